The standard InChI is InChI=1S/C24H21ClF4N4O3S/c1-13(14-2-3-17(25)18(26)8-14)32-11-23(12-32)4-6-31(7-5-23)22-30-21(34)16-9-15(24(27,28)29)10-19(33(35)36)20(16)37-22/h2-3,8-10,13H,4-7,11-12H2,1H3. The molecule has 13 heteroatoms. The van der Waals surface area contributed by atoms with Crippen molar-refractivity contribution in [3.05, 3.63) is 72.8 Å². The highest BCUT2D eigenvalue weighted by Crippen LogP contribution is 2.46. The number of anilines is 1. The van der Waals surface area contributed by atoms with Gasteiger partial charge in [0, 0.05) is 38.3 Å². The summed E-state index contributed by atoms with van der Waals surface area (Å²) < 4.78 is 53.4. The summed E-state index contributed by atoms with van der Waals surface area (Å²) in [4.78, 5) is 31.3. The zero-order valence-electron chi connectivity index (χ0n) is 19.5. The first-order valence-corrected chi connectivity index (χ1v) is 12.7. The highest BCUT2D eigenvalue weighted by atomic mass is 35.5. The van der Waals surface area contributed by atoms with Crippen molar-refractivity contribution in [3.8, 4) is 0 Å². The van der Waals surface area contributed by atoms with Crippen molar-refractivity contribution in [2.45, 2.75) is 32.0 Å². The van der Waals surface area contributed by atoms with Gasteiger partial charge in [-0.3, -0.25) is 19.8 Å². The Labute approximate surface area is 217 Å². The number of likely N-dealkylation sites (tertiary alicyclic amines) is 1. The van der Waals surface area contributed by atoms with Crippen LogP contribution in [0.4, 0.5) is 28.4 Å². The fourth-order valence-electron chi connectivity index (χ4n) is 5.14. The number of nitrogens with zero attached hydrogens (tertiary/aromatic N) is 4. The fourth-order valence-corrected chi connectivity index (χ4v) is 6.37. The second-order valence-corrected chi connectivity index (χ2v) is 11.1. The first-order valence-electron chi connectivity index (χ1n) is 11.5. The van der Waals surface area contributed by atoms with Crippen molar-refractivity contribution in [2.24, 2.45) is 5.41 Å². The van der Waals surface area contributed by atoms with Gasteiger partial charge >= 0.3 is 6.18 Å². The second-order valence-electron chi connectivity index (χ2n) is 9.67. The van der Waals surface area contributed by atoms with Crippen molar-refractivity contribution < 1.29 is 22.5 Å². The summed E-state index contributed by atoms with van der Waals surface area (Å²) in [6.07, 6.45) is -3.24. The van der Waals surface area contributed by atoms with Gasteiger partial charge in [-0.2, -0.15) is 18.2 Å². The highest BCUT2D eigenvalue weighted by Gasteiger charge is 2.46. The van der Waals surface area contributed by atoms with E-state index in [9.17, 15) is 32.5 Å². The first kappa shape index (κ1) is 25.8. The van der Waals surface area contributed by atoms with E-state index in [1.807, 2.05) is 17.9 Å². The average Bonchev–Trinajstić information content (AvgIpc) is 2.82. The minimum Gasteiger partial charge on any atom is -0.348 e. The molecule has 5 rings (SSSR count). The molecule has 2 fully saturated rings. The van der Waals surface area contributed by atoms with Crippen LogP contribution in [0.3, 0.4) is 0 Å². The molecule has 7 nitrogen and oxygen atoms in total. The van der Waals surface area contributed by atoms with Crippen LogP contribution < -0.4 is 10.5 Å². The summed E-state index contributed by atoms with van der Waals surface area (Å²) >= 11 is 6.65. The Morgan fingerprint density at radius 2 is 1.86 bits per heavy atom. The summed E-state index contributed by atoms with van der Waals surface area (Å²) in [6, 6.07) is 5.92. The van der Waals surface area contributed by atoms with Gasteiger partial charge in [-0.15, -0.1) is 0 Å². The average molecular weight is 557 g/mol. The number of nitro groups is 1. The summed E-state index contributed by atoms with van der Waals surface area (Å²) in [7, 11) is 0. The molecule has 3 heterocycles. The van der Waals surface area contributed by atoms with Crippen LogP contribution in [-0.4, -0.2) is 41.0 Å². The van der Waals surface area contributed by atoms with Gasteiger partial charge in [0.15, 0.2) is 5.13 Å². The van der Waals surface area contributed by atoms with Gasteiger partial charge in [-0.25, -0.2) is 4.39 Å². The van der Waals surface area contributed by atoms with E-state index < -0.39 is 39.1 Å². The van der Waals surface area contributed by atoms with Crippen molar-refractivity contribution in [2.75, 3.05) is 31.1 Å². The Bertz CT molecular complexity index is 1450. The van der Waals surface area contributed by atoms with Gasteiger partial charge in [0.1, 0.15) is 10.5 Å². The van der Waals surface area contributed by atoms with Gasteiger partial charge in [-0.1, -0.05) is 29.0 Å². The Hall–Kier alpha value is -2.83. The van der Waals surface area contributed by atoms with Crippen molar-refractivity contribution in [3.63, 3.8) is 0 Å². The molecule has 0 bridgehead atoms. The number of non-ortho nitro benzene ring substituents is 1. The molecule has 1 atom stereocenters. The lowest BCUT2D eigenvalue weighted by atomic mass is 9.71. The molecule has 2 aliphatic heterocycles. The summed E-state index contributed by atoms with van der Waals surface area (Å²) in [5.74, 6) is -0.452. The van der Waals surface area contributed by atoms with Crippen LogP contribution in [0.15, 0.2) is 35.1 Å². The third-order valence-electron chi connectivity index (χ3n) is 7.36. The summed E-state index contributed by atoms with van der Waals surface area (Å²) in [6.45, 7) is 4.76. The molecule has 3 aromatic rings. The maximum Gasteiger partial charge on any atom is 0.416 e. The molecule has 0 amide bonds. The molecule has 1 spiro atoms. The number of halogens is 5. The van der Waals surface area contributed by atoms with Gasteiger partial charge in [0.05, 0.1) is 20.9 Å². The molecule has 0 saturated carbocycles. The predicted molar refractivity (Wildman–Crippen MR) is 133 cm³/mol. The summed E-state index contributed by atoms with van der Waals surface area (Å²) in [5, 5.41) is 11.5. The zero-order valence-corrected chi connectivity index (χ0v) is 21.1. The minimum absolute atomic E-state index is 0.0185. The van der Waals surface area contributed by atoms with E-state index in [2.05, 4.69) is 9.88 Å². The van der Waals surface area contributed by atoms with Crippen molar-refractivity contribution in [1.82, 2.24) is 9.88 Å². The maximum atomic E-state index is 13.9. The highest BCUT2D eigenvalue weighted by molar-refractivity contribution is 7.22. The fraction of sp³-hybridized carbons (Fsp3) is 0.417. The van der Waals surface area contributed by atoms with Gasteiger partial charge < -0.3 is 4.90 Å². The Balaban J connectivity index is 1.32. The van der Waals surface area contributed by atoms with E-state index in [1.54, 1.807) is 6.07 Å². The number of benzene rings is 2. The second kappa shape index (κ2) is 9.17. The largest absolute Gasteiger partial charge is 0.416 e. The van der Waals surface area contributed by atoms with E-state index >= 15 is 0 Å². The van der Waals surface area contributed by atoms with Crippen molar-refractivity contribution in [1.29, 1.82) is 0 Å². The molecule has 37 heavy (non-hydrogen) atoms. The molecule has 2 saturated heterocycles. The van der Waals surface area contributed by atoms with E-state index in [1.165, 1.54) is 6.07 Å². The van der Waals surface area contributed by atoms with Crippen LogP contribution in [0.2, 0.25) is 5.02 Å². The SMILES string of the molecule is CC(c1ccc(Cl)c(F)c1)N1CC2(CCN(c3nc(=O)c4cc(C(F)(F)F)cc([N+](=O)[O-])c4s3)CC2)C1. The number of hydrogen-bond donors (Lipinski definition) is 0. The number of piperidine rings is 1. The molecule has 1 unspecified atom stereocenters. The molecule has 196 valence electrons. The van der Waals surface area contributed by atoms with Crippen LogP contribution in [0.1, 0.15) is 36.9 Å². The quantitative estimate of drug-likeness (QED) is 0.221. The topological polar surface area (TPSA) is 79.6 Å². The molecule has 0 radical (unpaired) electrons. The monoisotopic (exact) mass is 556 g/mol. The predicted octanol–water partition coefficient (Wildman–Crippen LogP) is 6.04. The molecule has 2 aromatic carbocycles. The van der Waals surface area contributed by atoms with E-state index in [-0.39, 0.29) is 26.3 Å². The molecule has 2 aliphatic rings. The lowest BCUT2D eigenvalue weighted by molar-refractivity contribution is -0.383. The van der Waals surface area contributed by atoms with Crippen LogP contribution >= 0.6 is 22.9 Å². The van der Waals surface area contributed by atoms with Crippen molar-refractivity contribution >= 4 is 43.8 Å². The van der Waals surface area contributed by atoms with Gasteiger partial charge in [0.2, 0.25) is 0 Å². The van der Waals surface area contributed by atoms with Gasteiger partial charge in [0.25, 0.3) is 11.2 Å². The van der Waals surface area contributed by atoms with Gasteiger partial charge in [-0.05, 0) is 48.9 Å². The zero-order chi connectivity index (χ0) is 26.7. The maximum absolute atomic E-state index is 13.9. The molecular weight excluding hydrogens is 536 g/mol. The van der Waals surface area contributed by atoms with Crippen LogP contribution in [0.25, 0.3) is 10.1 Å². The molecule has 1 aromatic heterocycles. The Morgan fingerprint density at radius 1 is 1.19 bits per heavy atom. The van der Waals surface area contributed by atoms with Crippen LogP contribution in [0.5, 0.6) is 0 Å². The van der Waals surface area contributed by atoms with E-state index in [0.717, 1.165) is 42.8 Å². The molecule has 0 aliphatic carbocycles. The minimum atomic E-state index is -4.83. The van der Waals surface area contributed by atoms with E-state index in [4.69, 9.17) is 11.6 Å². The first-order chi connectivity index (χ1) is 17.4. The summed E-state index contributed by atoms with van der Waals surface area (Å²) in [5.41, 5.74) is -2.03. The third kappa shape index (κ3) is 4.77. The number of nitro benzene ring substituents is 1. The molecule has 0 N–H and O–H groups in total. The van der Waals surface area contributed by atoms with Crippen LogP contribution in [-0.2, 0) is 6.18 Å². The number of aromatic nitrogens is 1. The Morgan fingerprint density at radius 3 is 2.46 bits per heavy atom. The normalized spacial score (nSPS) is 18.7. The molecular formula is C24H21ClF4N4O3S. The number of rotatable bonds is 4. The number of alkyl halides is 3. The van der Waals surface area contributed by atoms with Crippen LogP contribution in [0, 0.1) is 21.3 Å². The lowest BCUT2D eigenvalue weighted by Crippen LogP contribution is -2.60. The third-order valence-corrected chi connectivity index (χ3v) is 8.83. The number of fused-ring (bicyclic) bond motifs is 1. The lowest BCUT2D eigenvalue weighted by Gasteiger charge is -2.56. The number of hydrogen-bond acceptors (Lipinski definition) is 7. The Kier molecular flexibility index (Phi) is 6.40. The van der Waals surface area contributed by atoms with E-state index in [0.29, 0.717) is 25.2 Å². The smallest absolute Gasteiger partial charge is 0.348 e.